The standard InChI is InChI=1S/C15H14N2O3/c18-14(10-3-1-4-10)17-12-6-7-13(20-15(12)19)11-5-2-8-16-9-11/h2,5-10H,1,3-4H2,(H,17,18). The molecule has 20 heavy (non-hydrogen) atoms. The number of aromatic nitrogens is 1. The molecule has 1 N–H and O–H groups in total. The highest BCUT2D eigenvalue weighted by atomic mass is 16.4. The van der Waals surface area contributed by atoms with E-state index in [2.05, 4.69) is 10.3 Å². The fourth-order valence-electron chi connectivity index (χ4n) is 2.08. The lowest BCUT2D eigenvalue weighted by Crippen LogP contribution is -2.29. The zero-order valence-electron chi connectivity index (χ0n) is 10.8. The Morgan fingerprint density at radius 3 is 2.75 bits per heavy atom. The summed E-state index contributed by atoms with van der Waals surface area (Å²) in [6.07, 6.45) is 6.13. The molecule has 0 unspecified atom stereocenters. The largest absolute Gasteiger partial charge is 0.421 e. The van der Waals surface area contributed by atoms with Crippen molar-refractivity contribution in [2.24, 2.45) is 5.92 Å². The number of carbonyl (C=O) groups is 1. The number of hydrogen-bond donors (Lipinski definition) is 1. The van der Waals surface area contributed by atoms with Crippen molar-refractivity contribution in [3.8, 4) is 11.3 Å². The van der Waals surface area contributed by atoms with E-state index in [9.17, 15) is 9.59 Å². The smallest absolute Gasteiger partial charge is 0.360 e. The first-order valence-corrected chi connectivity index (χ1v) is 6.59. The van der Waals surface area contributed by atoms with Gasteiger partial charge in [0.25, 0.3) is 0 Å². The monoisotopic (exact) mass is 270 g/mol. The van der Waals surface area contributed by atoms with E-state index in [1.807, 2.05) is 0 Å². The van der Waals surface area contributed by atoms with Crippen molar-refractivity contribution in [1.29, 1.82) is 0 Å². The van der Waals surface area contributed by atoms with Crippen LogP contribution in [-0.4, -0.2) is 10.9 Å². The molecule has 5 nitrogen and oxygen atoms in total. The van der Waals surface area contributed by atoms with Gasteiger partial charge in [0, 0.05) is 23.9 Å². The first kappa shape index (κ1) is 12.6. The zero-order chi connectivity index (χ0) is 13.9. The average molecular weight is 270 g/mol. The van der Waals surface area contributed by atoms with Gasteiger partial charge in [0.2, 0.25) is 5.91 Å². The van der Waals surface area contributed by atoms with Gasteiger partial charge in [-0.3, -0.25) is 9.78 Å². The maximum atomic E-state index is 11.9. The van der Waals surface area contributed by atoms with E-state index in [1.54, 1.807) is 36.7 Å². The molecule has 2 heterocycles. The highest BCUT2D eigenvalue weighted by molar-refractivity contribution is 5.92. The van der Waals surface area contributed by atoms with Crippen LogP contribution in [-0.2, 0) is 4.79 Å². The van der Waals surface area contributed by atoms with Gasteiger partial charge in [-0.25, -0.2) is 4.79 Å². The van der Waals surface area contributed by atoms with Crippen molar-refractivity contribution in [1.82, 2.24) is 4.98 Å². The van der Waals surface area contributed by atoms with Gasteiger partial charge in [-0.15, -0.1) is 0 Å². The number of amides is 1. The Morgan fingerprint density at radius 1 is 1.30 bits per heavy atom. The third kappa shape index (κ3) is 2.47. The Morgan fingerprint density at radius 2 is 2.15 bits per heavy atom. The molecule has 0 aliphatic heterocycles. The maximum absolute atomic E-state index is 11.9. The molecule has 0 aromatic carbocycles. The highest BCUT2D eigenvalue weighted by Gasteiger charge is 2.25. The molecule has 5 heteroatoms. The summed E-state index contributed by atoms with van der Waals surface area (Å²) in [6.45, 7) is 0. The van der Waals surface area contributed by atoms with Gasteiger partial charge < -0.3 is 9.73 Å². The van der Waals surface area contributed by atoms with E-state index in [-0.39, 0.29) is 17.5 Å². The summed E-state index contributed by atoms with van der Waals surface area (Å²) >= 11 is 0. The van der Waals surface area contributed by atoms with Crippen molar-refractivity contribution in [3.05, 3.63) is 47.1 Å². The minimum Gasteiger partial charge on any atom is -0.421 e. The van der Waals surface area contributed by atoms with Crippen molar-refractivity contribution in [2.75, 3.05) is 5.32 Å². The summed E-state index contributed by atoms with van der Waals surface area (Å²) in [4.78, 5) is 27.6. The molecule has 0 spiro atoms. The average Bonchev–Trinajstić information content (AvgIpc) is 2.40. The van der Waals surface area contributed by atoms with Crippen molar-refractivity contribution < 1.29 is 9.21 Å². The predicted molar refractivity (Wildman–Crippen MR) is 74.2 cm³/mol. The van der Waals surface area contributed by atoms with E-state index >= 15 is 0 Å². The van der Waals surface area contributed by atoms with E-state index in [4.69, 9.17) is 4.42 Å². The lowest BCUT2D eigenvalue weighted by atomic mass is 9.85. The van der Waals surface area contributed by atoms with E-state index in [0.29, 0.717) is 5.76 Å². The maximum Gasteiger partial charge on any atom is 0.360 e. The molecule has 3 rings (SSSR count). The van der Waals surface area contributed by atoms with Crippen molar-refractivity contribution >= 4 is 11.6 Å². The number of nitrogens with one attached hydrogen (secondary N) is 1. The number of pyridine rings is 1. The van der Waals surface area contributed by atoms with Crippen molar-refractivity contribution in [2.45, 2.75) is 19.3 Å². The van der Waals surface area contributed by atoms with Crippen LogP contribution in [0.1, 0.15) is 19.3 Å². The second-order valence-corrected chi connectivity index (χ2v) is 4.86. The van der Waals surface area contributed by atoms with Crippen LogP contribution in [0.4, 0.5) is 5.69 Å². The van der Waals surface area contributed by atoms with Crippen LogP contribution in [0.5, 0.6) is 0 Å². The molecule has 102 valence electrons. The lowest BCUT2D eigenvalue weighted by Gasteiger charge is -2.23. The van der Waals surface area contributed by atoms with Gasteiger partial charge in [-0.1, -0.05) is 6.42 Å². The molecule has 2 aromatic rings. The molecule has 1 fully saturated rings. The summed E-state index contributed by atoms with van der Waals surface area (Å²) in [7, 11) is 0. The summed E-state index contributed by atoms with van der Waals surface area (Å²) < 4.78 is 5.22. The van der Waals surface area contributed by atoms with E-state index in [0.717, 1.165) is 24.8 Å². The Balaban J connectivity index is 1.81. The molecular formula is C15H14N2O3. The van der Waals surface area contributed by atoms with Crippen LogP contribution < -0.4 is 10.9 Å². The molecular weight excluding hydrogens is 256 g/mol. The Bertz CT molecular complexity index is 675. The summed E-state index contributed by atoms with van der Waals surface area (Å²) in [6, 6.07) is 6.80. The van der Waals surface area contributed by atoms with Crippen molar-refractivity contribution in [3.63, 3.8) is 0 Å². The normalized spacial score (nSPS) is 14.6. The third-order valence-corrected chi connectivity index (χ3v) is 3.50. The molecule has 0 radical (unpaired) electrons. The fourth-order valence-corrected chi connectivity index (χ4v) is 2.08. The Labute approximate surface area is 115 Å². The second-order valence-electron chi connectivity index (χ2n) is 4.86. The van der Waals surface area contributed by atoms with Gasteiger partial charge in [-0.2, -0.15) is 0 Å². The number of anilines is 1. The molecule has 1 saturated carbocycles. The van der Waals surface area contributed by atoms with Crippen LogP contribution in [0.3, 0.4) is 0 Å². The van der Waals surface area contributed by atoms with Gasteiger partial charge >= 0.3 is 5.63 Å². The van der Waals surface area contributed by atoms with Crippen LogP contribution in [0.2, 0.25) is 0 Å². The minimum atomic E-state index is -0.543. The molecule has 0 bridgehead atoms. The number of carbonyl (C=O) groups excluding carboxylic acids is 1. The lowest BCUT2D eigenvalue weighted by molar-refractivity contribution is -0.122. The van der Waals surface area contributed by atoms with Crippen LogP contribution in [0.25, 0.3) is 11.3 Å². The topological polar surface area (TPSA) is 72.2 Å². The predicted octanol–water partition coefficient (Wildman–Crippen LogP) is 2.44. The van der Waals surface area contributed by atoms with Crippen LogP contribution >= 0.6 is 0 Å². The molecule has 1 aliphatic rings. The van der Waals surface area contributed by atoms with Gasteiger partial charge in [-0.05, 0) is 37.1 Å². The molecule has 0 saturated heterocycles. The Hall–Kier alpha value is -2.43. The zero-order valence-corrected chi connectivity index (χ0v) is 10.8. The number of rotatable bonds is 3. The highest BCUT2D eigenvalue weighted by Crippen LogP contribution is 2.27. The fraction of sp³-hybridized carbons (Fsp3) is 0.267. The molecule has 2 aromatic heterocycles. The quantitative estimate of drug-likeness (QED) is 0.929. The van der Waals surface area contributed by atoms with Gasteiger partial charge in [0.1, 0.15) is 11.4 Å². The van der Waals surface area contributed by atoms with Crippen LogP contribution in [0.15, 0.2) is 45.9 Å². The SMILES string of the molecule is O=C(Nc1ccc(-c2cccnc2)oc1=O)C1CCC1. The molecule has 1 amide bonds. The van der Waals surface area contributed by atoms with Gasteiger partial charge in [0.05, 0.1) is 0 Å². The minimum absolute atomic E-state index is 0.0346. The van der Waals surface area contributed by atoms with Gasteiger partial charge in [0.15, 0.2) is 0 Å². The molecule has 0 atom stereocenters. The molecule has 1 aliphatic carbocycles. The summed E-state index contributed by atoms with van der Waals surface area (Å²) in [5, 5.41) is 2.63. The first-order chi connectivity index (χ1) is 9.74. The Kier molecular flexibility index (Phi) is 3.33. The van der Waals surface area contributed by atoms with Crippen LogP contribution in [0, 0.1) is 5.92 Å². The van der Waals surface area contributed by atoms with E-state index in [1.165, 1.54) is 0 Å². The first-order valence-electron chi connectivity index (χ1n) is 6.59. The third-order valence-electron chi connectivity index (χ3n) is 3.50. The summed E-state index contributed by atoms with van der Waals surface area (Å²) in [5.74, 6) is 0.370. The second kappa shape index (κ2) is 5.28. The summed E-state index contributed by atoms with van der Waals surface area (Å²) in [5.41, 5.74) is 0.370. The number of nitrogens with zero attached hydrogens (tertiary/aromatic N) is 1. The van der Waals surface area contributed by atoms with E-state index < -0.39 is 5.63 Å². The number of hydrogen-bond acceptors (Lipinski definition) is 4.